The van der Waals surface area contributed by atoms with Gasteiger partial charge in [0.2, 0.25) is 0 Å². The van der Waals surface area contributed by atoms with Gasteiger partial charge in [-0.3, -0.25) is 9.69 Å². The second-order valence-electron chi connectivity index (χ2n) is 9.82. The average Bonchev–Trinajstić information content (AvgIpc) is 3.41. The van der Waals surface area contributed by atoms with Crippen molar-refractivity contribution in [2.24, 2.45) is 0 Å². The van der Waals surface area contributed by atoms with Crippen LogP contribution in [0.15, 0.2) is 29.1 Å². The molecule has 1 saturated heterocycles. The zero-order valence-corrected chi connectivity index (χ0v) is 19.8. The van der Waals surface area contributed by atoms with Gasteiger partial charge in [-0.2, -0.15) is 0 Å². The van der Waals surface area contributed by atoms with Crippen LogP contribution >= 0.6 is 0 Å². The quantitative estimate of drug-likeness (QED) is 0.605. The van der Waals surface area contributed by atoms with Crippen LogP contribution in [0.1, 0.15) is 70.0 Å². The molecule has 0 bridgehead atoms. The molecule has 1 aliphatic heterocycles. The normalized spacial score (nSPS) is 18.0. The minimum atomic E-state index is -0.236. The Kier molecular flexibility index (Phi) is 6.44. The number of rotatable bonds is 7. The zero-order chi connectivity index (χ0) is 22.9. The van der Waals surface area contributed by atoms with E-state index in [-0.39, 0.29) is 23.2 Å². The number of benzene rings is 1. The molecule has 4 rings (SSSR count). The van der Waals surface area contributed by atoms with Crippen LogP contribution in [-0.2, 0) is 16.8 Å². The van der Waals surface area contributed by atoms with Gasteiger partial charge in [-0.1, -0.05) is 18.6 Å². The van der Waals surface area contributed by atoms with Gasteiger partial charge in [-0.25, -0.2) is 4.68 Å². The lowest BCUT2D eigenvalue weighted by Gasteiger charge is -2.33. The maximum atomic E-state index is 13.0. The lowest BCUT2D eigenvalue weighted by Crippen LogP contribution is -2.39. The lowest BCUT2D eigenvalue weighted by molar-refractivity contribution is 0.0478. The Morgan fingerprint density at radius 3 is 2.81 bits per heavy atom. The summed E-state index contributed by atoms with van der Waals surface area (Å²) < 4.78 is 7.86. The molecule has 1 N–H and O–H groups in total. The van der Waals surface area contributed by atoms with E-state index in [0.717, 1.165) is 54.7 Å². The minimum Gasteiger partial charge on any atom is -0.377 e. The molecule has 172 valence electrons. The van der Waals surface area contributed by atoms with E-state index in [1.807, 2.05) is 22.9 Å². The highest BCUT2D eigenvalue weighted by Crippen LogP contribution is 2.29. The maximum absolute atomic E-state index is 13.0. The maximum Gasteiger partial charge on any atom is 0.252 e. The zero-order valence-electron chi connectivity index (χ0n) is 19.8. The van der Waals surface area contributed by atoms with Crippen molar-refractivity contribution < 1.29 is 4.74 Å². The predicted octanol–water partition coefficient (Wildman–Crippen LogP) is 3.71. The number of hydrogen-bond acceptors (Lipinski definition) is 6. The van der Waals surface area contributed by atoms with Crippen LogP contribution in [0.2, 0.25) is 0 Å². The molecule has 3 aromatic rings. The van der Waals surface area contributed by atoms with Crippen LogP contribution in [0.25, 0.3) is 10.9 Å². The lowest BCUT2D eigenvalue weighted by atomic mass is 10.0. The third kappa shape index (κ3) is 4.76. The van der Waals surface area contributed by atoms with Crippen molar-refractivity contribution in [3.8, 4) is 0 Å². The number of ether oxygens (including phenoxy) is 1. The van der Waals surface area contributed by atoms with Crippen molar-refractivity contribution in [2.45, 2.75) is 78.1 Å². The largest absolute Gasteiger partial charge is 0.377 e. The summed E-state index contributed by atoms with van der Waals surface area (Å²) in [6.45, 7) is 12.5. The SMILES string of the molecule is CC[C@H](c1nnnn1C(C)(C)C)N(Cc1cc2cc(C)ccc2[nH]c1=O)C[C@@H]1CCCO1. The summed E-state index contributed by atoms with van der Waals surface area (Å²) in [6, 6.07) is 8.08. The molecule has 1 aliphatic rings. The number of aromatic nitrogens is 5. The Hall–Kier alpha value is -2.58. The highest BCUT2D eigenvalue weighted by Gasteiger charge is 2.31. The second kappa shape index (κ2) is 9.11. The summed E-state index contributed by atoms with van der Waals surface area (Å²) in [5, 5.41) is 13.7. The molecule has 1 fully saturated rings. The summed E-state index contributed by atoms with van der Waals surface area (Å²) in [5.41, 5.74) is 2.49. The number of nitrogens with one attached hydrogen (secondary N) is 1. The highest BCUT2D eigenvalue weighted by atomic mass is 16.5. The molecule has 2 aromatic heterocycles. The van der Waals surface area contributed by atoms with Gasteiger partial charge in [0.15, 0.2) is 5.82 Å². The van der Waals surface area contributed by atoms with Gasteiger partial charge in [0.05, 0.1) is 17.7 Å². The van der Waals surface area contributed by atoms with E-state index in [1.54, 1.807) is 0 Å². The minimum absolute atomic E-state index is 0.0268. The number of tetrazole rings is 1. The van der Waals surface area contributed by atoms with Crippen LogP contribution in [0.3, 0.4) is 0 Å². The summed E-state index contributed by atoms with van der Waals surface area (Å²) in [4.78, 5) is 18.3. The molecule has 0 saturated carbocycles. The number of H-pyrrole nitrogens is 1. The topological polar surface area (TPSA) is 88.9 Å². The first-order valence-electron chi connectivity index (χ1n) is 11.5. The van der Waals surface area contributed by atoms with E-state index in [1.165, 1.54) is 5.56 Å². The Morgan fingerprint density at radius 2 is 2.12 bits per heavy atom. The molecule has 8 heteroatoms. The molecular weight excluding hydrogens is 404 g/mol. The van der Waals surface area contributed by atoms with Crippen LogP contribution in [0.5, 0.6) is 0 Å². The molecule has 0 unspecified atom stereocenters. The molecule has 8 nitrogen and oxygen atoms in total. The van der Waals surface area contributed by atoms with Crippen LogP contribution in [0.4, 0.5) is 0 Å². The van der Waals surface area contributed by atoms with Gasteiger partial charge >= 0.3 is 0 Å². The van der Waals surface area contributed by atoms with Gasteiger partial charge in [0.1, 0.15) is 0 Å². The molecule has 2 atom stereocenters. The van der Waals surface area contributed by atoms with Crippen molar-refractivity contribution in [3.05, 3.63) is 51.6 Å². The van der Waals surface area contributed by atoms with E-state index >= 15 is 0 Å². The Labute approximate surface area is 189 Å². The summed E-state index contributed by atoms with van der Waals surface area (Å²) in [6.07, 6.45) is 3.09. The highest BCUT2D eigenvalue weighted by molar-refractivity contribution is 5.79. The van der Waals surface area contributed by atoms with Crippen LogP contribution < -0.4 is 5.56 Å². The first-order chi connectivity index (χ1) is 15.3. The van der Waals surface area contributed by atoms with Crippen molar-refractivity contribution in [3.63, 3.8) is 0 Å². The van der Waals surface area contributed by atoms with Gasteiger partial charge in [0.25, 0.3) is 5.56 Å². The first-order valence-corrected chi connectivity index (χ1v) is 11.5. The smallest absolute Gasteiger partial charge is 0.252 e. The van der Waals surface area contributed by atoms with Crippen molar-refractivity contribution in [1.29, 1.82) is 0 Å². The Morgan fingerprint density at radius 1 is 1.31 bits per heavy atom. The van der Waals surface area contributed by atoms with Gasteiger partial charge in [0, 0.05) is 30.8 Å². The summed E-state index contributed by atoms with van der Waals surface area (Å²) in [7, 11) is 0. The van der Waals surface area contributed by atoms with E-state index in [0.29, 0.717) is 6.54 Å². The third-order valence-electron chi connectivity index (χ3n) is 6.17. The number of hydrogen-bond donors (Lipinski definition) is 1. The van der Waals surface area contributed by atoms with Gasteiger partial charge in [-0.15, -0.1) is 5.10 Å². The fourth-order valence-electron chi connectivity index (χ4n) is 4.54. The van der Waals surface area contributed by atoms with Crippen LogP contribution in [-0.4, -0.2) is 49.3 Å². The molecule has 0 amide bonds. The number of aryl methyl sites for hydroxylation is 1. The molecule has 0 radical (unpaired) electrons. The van der Waals surface area contributed by atoms with E-state index in [9.17, 15) is 4.79 Å². The number of nitrogens with zero attached hydrogens (tertiary/aromatic N) is 5. The summed E-state index contributed by atoms with van der Waals surface area (Å²) in [5.74, 6) is 0.825. The van der Waals surface area contributed by atoms with Crippen molar-refractivity contribution >= 4 is 10.9 Å². The molecule has 1 aromatic carbocycles. The third-order valence-corrected chi connectivity index (χ3v) is 6.17. The monoisotopic (exact) mass is 438 g/mol. The molecule has 0 spiro atoms. The van der Waals surface area contributed by atoms with Gasteiger partial charge < -0.3 is 9.72 Å². The fourth-order valence-corrected chi connectivity index (χ4v) is 4.54. The van der Waals surface area contributed by atoms with Gasteiger partial charge in [-0.05, 0) is 81.0 Å². The average molecular weight is 439 g/mol. The number of fused-ring (bicyclic) bond motifs is 1. The molecule has 3 heterocycles. The Balaban J connectivity index is 1.72. The molecule has 0 aliphatic carbocycles. The number of aromatic amines is 1. The standard InChI is InChI=1S/C24H34N6O2/c1-6-21(22-26-27-28-30(22)24(3,4)5)29(15-19-8-7-11-32-19)14-18-13-17-12-16(2)9-10-20(17)25-23(18)31/h9-10,12-13,19,21H,6-8,11,14-15H2,1-5H3,(H,25,31)/t19-,21+/m0/s1. The number of pyridine rings is 1. The van der Waals surface area contributed by atoms with E-state index in [2.05, 4.69) is 66.1 Å². The first kappa shape index (κ1) is 22.6. The predicted molar refractivity (Wildman–Crippen MR) is 125 cm³/mol. The summed E-state index contributed by atoms with van der Waals surface area (Å²) >= 11 is 0. The van der Waals surface area contributed by atoms with Crippen LogP contribution in [0, 0.1) is 6.92 Å². The van der Waals surface area contributed by atoms with E-state index < -0.39 is 0 Å². The fraction of sp³-hybridized carbons (Fsp3) is 0.583. The second-order valence-corrected chi connectivity index (χ2v) is 9.82. The van der Waals surface area contributed by atoms with Crippen molar-refractivity contribution in [1.82, 2.24) is 30.1 Å². The Bertz CT molecular complexity index is 1120. The molecule has 32 heavy (non-hydrogen) atoms. The van der Waals surface area contributed by atoms with Crippen molar-refractivity contribution in [2.75, 3.05) is 13.2 Å². The molecular formula is C24H34N6O2. The van der Waals surface area contributed by atoms with E-state index in [4.69, 9.17) is 4.74 Å².